The van der Waals surface area contributed by atoms with Crippen LogP contribution in [0, 0.1) is 12.8 Å². The quantitative estimate of drug-likeness (QED) is 0.297. The Morgan fingerprint density at radius 1 is 1.10 bits per heavy atom. The fourth-order valence-corrected chi connectivity index (χ4v) is 5.55. The fourth-order valence-electron chi connectivity index (χ4n) is 5.55. The van der Waals surface area contributed by atoms with E-state index in [1.165, 1.54) is 14.2 Å². The predicted octanol–water partition coefficient (Wildman–Crippen LogP) is 5.00. The highest BCUT2D eigenvalue weighted by Gasteiger charge is 2.31. The second-order valence-corrected chi connectivity index (χ2v) is 10.6. The van der Waals surface area contributed by atoms with Crippen molar-refractivity contribution in [1.82, 2.24) is 10.3 Å². The highest BCUT2D eigenvalue weighted by Crippen LogP contribution is 2.41. The SMILES string of the molecule is CCCCc1[nH]c(=O)c(C(=O)NC(CC2CCCCC2)C(=O)CCC(=O)OC)c(O)c1-c1c(C)cccc1OC. The Morgan fingerprint density at radius 2 is 1.82 bits per heavy atom. The van der Waals surface area contributed by atoms with Crippen LogP contribution in [0.15, 0.2) is 23.0 Å². The molecule has 1 amide bonds. The van der Waals surface area contributed by atoms with Gasteiger partial charge in [0.25, 0.3) is 11.5 Å². The summed E-state index contributed by atoms with van der Waals surface area (Å²) in [7, 11) is 2.78. The third kappa shape index (κ3) is 7.52. The molecule has 0 radical (unpaired) electrons. The molecular weight excluding hydrogens is 512 g/mol. The monoisotopic (exact) mass is 554 g/mol. The maximum Gasteiger partial charge on any atom is 0.305 e. The number of nitrogens with one attached hydrogen (secondary N) is 2. The summed E-state index contributed by atoms with van der Waals surface area (Å²) in [5.74, 6) is -1.35. The summed E-state index contributed by atoms with van der Waals surface area (Å²) < 4.78 is 10.2. The Balaban J connectivity index is 2.03. The van der Waals surface area contributed by atoms with E-state index in [0.717, 1.165) is 50.5 Å². The Morgan fingerprint density at radius 3 is 2.48 bits per heavy atom. The first-order valence-corrected chi connectivity index (χ1v) is 14.2. The number of hydrogen-bond donors (Lipinski definition) is 3. The third-order valence-electron chi connectivity index (χ3n) is 7.77. The molecule has 0 spiro atoms. The number of rotatable bonds is 13. The van der Waals surface area contributed by atoms with Crippen LogP contribution in [0.4, 0.5) is 0 Å². The highest BCUT2D eigenvalue weighted by atomic mass is 16.5. The molecule has 218 valence electrons. The summed E-state index contributed by atoms with van der Waals surface area (Å²) >= 11 is 0. The van der Waals surface area contributed by atoms with E-state index in [1.807, 2.05) is 26.0 Å². The molecule has 1 heterocycles. The molecule has 1 fully saturated rings. The molecule has 0 aliphatic heterocycles. The van der Waals surface area contributed by atoms with E-state index in [4.69, 9.17) is 4.74 Å². The zero-order valence-electron chi connectivity index (χ0n) is 24.1. The smallest absolute Gasteiger partial charge is 0.305 e. The van der Waals surface area contributed by atoms with E-state index in [0.29, 0.717) is 35.4 Å². The van der Waals surface area contributed by atoms with Crippen LogP contribution in [-0.2, 0) is 20.7 Å². The van der Waals surface area contributed by atoms with Gasteiger partial charge in [-0.25, -0.2) is 0 Å². The van der Waals surface area contributed by atoms with E-state index < -0.39 is 34.8 Å². The number of hydrogen-bond acceptors (Lipinski definition) is 7. The van der Waals surface area contributed by atoms with Crippen molar-refractivity contribution in [1.29, 1.82) is 0 Å². The van der Waals surface area contributed by atoms with E-state index in [9.17, 15) is 24.3 Å². The number of carbonyl (C=O) groups is 3. The number of benzene rings is 1. The van der Waals surface area contributed by atoms with Gasteiger partial charge in [0.15, 0.2) is 5.78 Å². The Kier molecular flexibility index (Phi) is 11.3. The number of methoxy groups -OCH3 is 2. The molecule has 3 rings (SSSR count). The number of pyridine rings is 1. The van der Waals surface area contributed by atoms with E-state index >= 15 is 0 Å². The van der Waals surface area contributed by atoms with Gasteiger partial charge in [-0.1, -0.05) is 57.6 Å². The molecule has 9 heteroatoms. The summed E-state index contributed by atoms with van der Waals surface area (Å²) in [6.45, 7) is 3.89. The first kappa shape index (κ1) is 30.9. The molecule has 1 aromatic heterocycles. The van der Waals surface area contributed by atoms with Gasteiger partial charge in [0, 0.05) is 23.2 Å². The summed E-state index contributed by atoms with van der Waals surface area (Å²) in [6, 6.07) is 4.56. The van der Waals surface area contributed by atoms with Crippen LogP contribution >= 0.6 is 0 Å². The van der Waals surface area contributed by atoms with Gasteiger partial charge in [0.2, 0.25) is 0 Å². The molecule has 0 bridgehead atoms. The number of Topliss-reactive ketones (excluding diaryl/α,β-unsaturated/α-hetero) is 1. The van der Waals surface area contributed by atoms with Gasteiger partial charge >= 0.3 is 5.97 Å². The van der Waals surface area contributed by atoms with Crippen molar-refractivity contribution in [2.75, 3.05) is 14.2 Å². The van der Waals surface area contributed by atoms with E-state index in [1.54, 1.807) is 6.07 Å². The first-order chi connectivity index (χ1) is 19.2. The second kappa shape index (κ2) is 14.7. The van der Waals surface area contributed by atoms with Gasteiger partial charge in [0.05, 0.1) is 26.7 Å². The molecule has 1 aliphatic rings. The van der Waals surface area contributed by atoms with Crippen molar-refractivity contribution in [2.45, 2.75) is 90.5 Å². The molecule has 9 nitrogen and oxygen atoms in total. The minimum atomic E-state index is -0.893. The second-order valence-electron chi connectivity index (χ2n) is 10.6. The van der Waals surface area contributed by atoms with Crippen LogP contribution < -0.4 is 15.6 Å². The van der Waals surface area contributed by atoms with E-state index in [2.05, 4.69) is 15.0 Å². The fraction of sp³-hybridized carbons (Fsp3) is 0.548. The number of ketones is 1. The summed E-state index contributed by atoms with van der Waals surface area (Å²) in [6.07, 6.45) is 7.51. The molecule has 2 aromatic rings. The van der Waals surface area contributed by atoms with Crippen molar-refractivity contribution in [3.8, 4) is 22.6 Å². The molecule has 1 unspecified atom stereocenters. The molecule has 0 saturated heterocycles. The largest absolute Gasteiger partial charge is 0.506 e. The number of unbranched alkanes of at least 4 members (excludes halogenated alkanes) is 1. The number of esters is 1. The van der Waals surface area contributed by atoms with Crippen LogP contribution in [0.1, 0.15) is 92.7 Å². The number of H-pyrrole nitrogens is 1. The lowest BCUT2D eigenvalue weighted by Crippen LogP contribution is -2.44. The Bertz CT molecular complexity index is 1260. The van der Waals surface area contributed by atoms with Crippen LogP contribution in [0.5, 0.6) is 11.5 Å². The molecule has 3 N–H and O–H groups in total. The maximum absolute atomic E-state index is 13.6. The van der Waals surface area contributed by atoms with Crippen LogP contribution in [0.25, 0.3) is 11.1 Å². The molecule has 1 aliphatic carbocycles. The lowest BCUT2D eigenvalue weighted by molar-refractivity contribution is -0.142. The van der Waals surface area contributed by atoms with E-state index in [-0.39, 0.29) is 24.5 Å². The van der Waals surface area contributed by atoms with Crippen molar-refractivity contribution in [2.24, 2.45) is 5.92 Å². The van der Waals surface area contributed by atoms with Crippen molar-refractivity contribution >= 4 is 17.7 Å². The number of aromatic nitrogens is 1. The summed E-state index contributed by atoms with van der Waals surface area (Å²) in [5, 5.41) is 14.3. The van der Waals surface area contributed by atoms with Gasteiger partial charge in [-0.3, -0.25) is 19.2 Å². The van der Waals surface area contributed by atoms with Gasteiger partial charge in [-0.2, -0.15) is 0 Å². The lowest BCUT2D eigenvalue weighted by atomic mass is 9.83. The molecule has 1 atom stereocenters. The van der Waals surface area contributed by atoms with Gasteiger partial charge < -0.3 is 24.9 Å². The number of ether oxygens (including phenoxy) is 2. The predicted molar refractivity (Wildman–Crippen MR) is 153 cm³/mol. The minimum Gasteiger partial charge on any atom is -0.506 e. The van der Waals surface area contributed by atoms with Crippen LogP contribution in [0.2, 0.25) is 0 Å². The maximum atomic E-state index is 13.6. The number of aromatic hydroxyl groups is 1. The molecule has 1 aromatic carbocycles. The number of aryl methyl sites for hydroxylation is 2. The standard InChI is InChI=1S/C31H42N2O7/c1-5-6-14-21-27(26-19(2)11-10-15-24(26)39-3)29(36)28(30(37)32-21)31(38)33-22(18-20-12-8-7-9-13-20)23(34)16-17-25(35)40-4/h10-11,15,20,22H,5-9,12-14,16-18H2,1-4H3,(H,33,38)(H2,32,36,37). The number of amides is 1. The molecule has 40 heavy (non-hydrogen) atoms. The third-order valence-corrected chi connectivity index (χ3v) is 7.77. The topological polar surface area (TPSA) is 135 Å². The first-order valence-electron chi connectivity index (χ1n) is 14.2. The zero-order valence-corrected chi connectivity index (χ0v) is 24.1. The zero-order chi connectivity index (χ0) is 29.2. The normalized spacial score (nSPS) is 14.4. The lowest BCUT2D eigenvalue weighted by Gasteiger charge is -2.26. The van der Waals surface area contributed by atoms with Crippen molar-refractivity contribution in [3.63, 3.8) is 0 Å². The Hall–Kier alpha value is -3.62. The number of carbonyl (C=O) groups excluding carboxylic acids is 3. The summed E-state index contributed by atoms with van der Waals surface area (Å²) in [5.41, 5.74) is 1.08. The van der Waals surface area contributed by atoms with Gasteiger partial charge in [-0.05, 0) is 43.7 Å². The summed E-state index contributed by atoms with van der Waals surface area (Å²) in [4.78, 5) is 54.5. The van der Waals surface area contributed by atoms with Crippen molar-refractivity contribution < 1.29 is 29.0 Å². The molecular formula is C31H42N2O7. The average molecular weight is 555 g/mol. The van der Waals surface area contributed by atoms with Crippen LogP contribution in [-0.4, -0.2) is 48.0 Å². The van der Waals surface area contributed by atoms with Crippen molar-refractivity contribution in [3.05, 3.63) is 45.4 Å². The molecule has 1 saturated carbocycles. The van der Waals surface area contributed by atoms with Gasteiger partial charge in [0.1, 0.15) is 17.1 Å². The number of aromatic amines is 1. The van der Waals surface area contributed by atoms with Crippen LogP contribution in [0.3, 0.4) is 0 Å². The Labute approximate surface area is 235 Å². The minimum absolute atomic E-state index is 0.0890. The average Bonchev–Trinajstić information content (AvgIpc) is 2.95. The van der Waals surface area contributed by atoms with Gasteiger partial charge in [-0.15, -0.1) is 0 Å². The highest BCUT2D eigenvalue weighted by molar-refractivity contribution is 6.02.